The van der Waals surface area contributed by atoms with Crippen LogP contribution < -0.4 is 14.9 Å². The molecule has 3 aromatic rings. The van der Waals surface area contributed by atoms with Crippen molar-refractivity contribution >= 4 is 46.3 Å². The maximum Gasteiger partial charge on any atom is 0.338 e. The minimum absolute atomic E-state index is 0.208. The van der Waals surface area contributed by atoms with Crippen LogP contribution in [0.4, 0.5) is 0 Å². The number of thiophene rings is 1. The number of rotatable bonds is 3. The number of carbonyl (C=O) groups is 1. The Morgan fingerprint density at radius 1 is 1.28 bits per heavy atom. The Bertz CT molecular complexity index is 1330. The second-order valence-corrected chi connectivity index (χ2v) is 8.93. The highest BCUT2D eigenvalue weighted by Crippen LogP contribution is 2.34. The summed E-state index contributed by atoms with van der Waals surface area (Å²) in [7, 11) is 1.32. The quantitative estimate of drug-likeness (QED) is 0.581. The first-order valence-corrected chi connectivity index (χ1v) is 10.9. The Balaban J connectivity index is 2.03. The number of aromatic nitrogens is 1. The number of nitrogens with zero attached hydrogens (tertiary/aromatic N) is 2. The zero-order chi connectivity index (χ0) is 20.7. The Labute approximate surface area is 179 Å². The molecule has 0 spiro atoms. The molecule has 3 heterocycles. The van der Waals surface area contributed by atoms with Crippen LogP contribution in [-0.2, 0) is 9.53 Å². The molecule has 0 bridgehead atoms. The van der Waals surface area contributed by atoms with Gasteiger partial charge in [0.25, 0.3) is 5.56 Å². The number of methoxy groups -OCH3 is 1. The fraction of sp³-hybridized carbons (Fsp3) is 0.190. The number of hydrogen-bond donors (Lipinski definition) is 0. The monoisotopic (exact) mass is 444 g/mol. The van der Waals surface area contributed by atoms with Gasteiger partial charge in [0.05, 0.1) is 22.9 Å². The predicted octanol–water partition coefficient (Wildman–Crippen LogP) is 3.43. The van der Waals surface area contributed by atoms with Gasteiger partial charge in [-0.2, -0.15) is 0 Å². The van der Waals surface area contributed by atoms with Gasteiger partial charge in [-0.25, -0.2) is 9.79 Å². The second kappa shape index (κ2) is 7.74. The Morgan fingerprint density at radius 2 is 2.03 bits per heavy atom. The number of benzene rings is 1. The number of hydrogen-bond acceptors (Lipinski definition) is 6. The van der Waals surface area contributed by atoms with Gasteiger partial charge in [0.15, 0.2) is 4.80 Å². The third kappa shape index (κ3) is 3.39. The van der Waals surface area contributed by atoms with Gasteiger partial charge in [0.2, 0.25) is 0 Å². The van der Waals surface area contributed by atoms with Crippen molar-refractivity contribution in [1.82, 2.24) is 4.57 Å². The van der Waals surface area contributed by atoms with Crippen molar-refractivity contribution in [1.29, 1.82) is 0 Å². The van der Waals surface area contributed by atoms with E-state index in [0.717, 1.165) is 10.4 Å². The summed E-state index contributed by atoms with van der Waals surface area (Å²) in [5.41, 5.74) is 2.38. The molecule has 148 valence electrons. The van der Waals surface area contributed by atoms with Gasteiger partial charge in [0, 0.05) is 9.90 Å². The van der Waals surface area contributed by atoms with E-state index in [1.165, 1.54) is 18.4 Å². The van der Waals surface area contributed by atoms with Gasteiger partial charge in [-0.1, -0.05) is 41.1 Å². The lowest BCUT2D eigenvalue weighted by atomic mass is 9.96. The van der Waals surface area contributed by atoms with Gasteiger partial charge in [0.1, 0.15) is 6.04 Å². The van der Waals surface area contributed by atoms with Crippen molar-refractivity contribution in [2.45, 2.75) is 19.9 Å². The Hall–Kier alpha value is -2.48. The molecule has 0 aliphatic carbocycles. The summed E-state index contributed by atoms with van der Waals surface area (Å²) in [6.07, 6.45) is 1.88. The van der Waals surface area contributed by atoms with Crippen LogP contribution in [0.5, 0.6) is 0 Å². The van der Waals surface area contributed by atoms with Crippen LogP contribution >= 0.6 is 34.3 Å². The van der Waals surface area contributed by atoms with E-state index in [0.29, 0.717) is 31.2 Å². The summed E-state index contributed by atoms with van der Waals surface area (Å²) in [5.74, 6) is -0.528. The Kier molecular flexibility index (Phi) is 5.29. The van der Waals surface area contributed by atoms with Gasteiger partial charge in [-0.3, -0.25) is 9.36 Å². The van der Waals surface area contributed by atoms with Crippen LogP contribution in [0.25, 0.3) is 6.08 Å². The van der Waals surface area contributed by atoms with Crippen LogP contribution in [0.1, 0.15) is 29.0 Å². The third-order valence-corrected chi connectivity index (χ3v) is 7.08. The molecular weight excluding hydrogens is 428 g/mol. The van der Waals surface area contributed by atoms with E-state index in [2.05, 4.69) is 4.99 Å². The number of aryl methyl sites for hydroxylation is 1. The fourth-order valence-electron chi connectivity index (χ4n) is 3.34. The van der Waals surface area contributed by atoms with Gasteiger partial charge >= 0.3 is 5.97 Å². The first kappa shape index (κ1) is 19.8. The van der Waals surface area contributed by atoms with E-state index >= 15 is 0 Å². The summed E-state index contributed by atoms with van der Waals surface area (Å²) in [4.78, 5) is 32.1. The summed E-state index contributed by atoms with van der Waals surface area (Å²) < 4.78 is 7.10. The lowest BCUT2D eigenvalue weighted by Crippen LogP contribution is -2.39. The molecule has 0 saturated carbocycles. The molecule has 29 heavy (non-hydrogen) atoms. The van der Waals surface area contributed by atoms with E-state index in [-0.39, 0.29) is 5.56 Å². The fourth-order valence-corrected chi connectivity index (χ4v) is 5.54. The molecule has 2 aromatic heterocycles. The molecule has 0 fully saturated rings. The first-order valence-electron chi connectivity index (χ1n) is 8.81. The van der Waals surface area contributed by atoms with Crippen LogP contribution in [0.2, 0.25) is 5.02 Å². The lowest BCUT2D eigenvalue weighted by Gasteiger charge is -2.25. The molecule has 5 nitrogen and oxygen atoms in total. The zero-order valence-electron chi connectivity index (χ0n) is 15.9. The van der Waals surface area contributed by atoms with Crippen molar-refractivity contribution < 1.29 is 9.53 Å². The number of carbonyl (C=O) groups excluding carboxylic acids is 1. The minimum Gasteiger partial charge on any atom is -0.466 e. The van der Waals surface area contributed by atoms with Crippen LogP contribution in [0.15, 0.2) is 56.8 Å². The molecule has 1 aliphatic heterocycles. The van der Waals surface area contributed by atoms with E-state index in [1.807, 2.05) is 42.6 Å². The molecule has 4 rings (SSSR count). The minimum atomic E-state index is -0.695. The van der Waals surface area contributed by atoms with Crippen molar-refractivity contribution in [2.75, 3.05) is 7.11 Å². The SMILES string of the molecule is COC(=O)C1=C(C)N=c2s/c(=C\c3sccc3C)c(=O)n2[C@@H]1c1ccccc1Cl. The molecule has 0 N–H and O–H groups in total. The topological polar surface area (TPSA) is 60.7 Å². The van der Waals surface area contributed by atoms with E-state index in [1.54, 1.807) is 28.9 Å². The maximum absolute atomic E-state index is 13.4. The van der Waals surface area contributed by atoms with E-state index in [4.69, 9.17) is 16.3 Å². The highest BCUT2D eigenvalue weighted by atomic mass is 35.5. The second-order valence-electron chi connectivity index (χ2n) is 6.56. The Morgan fingerprint density at radius 3 is 2.69 bits per heavy atom. The average molecular weight is 445 g/mol. The molecule has 0 amide bonds. The number of halogens is 1. The molecule has 8 heteroatoms. The summed E-state index contributed by atoms with van der Waals surface area (Å²) >= 11 is 9.34. The number of fused-ring (bicyclic) bond motifs is 1. The van der Waals surface area contributed by atoms with Crippen LogP contribution in [-0.4, -0.2) is 17.6 Å². The zero-order valence-corrected chi connectivity index (χ0v) is 18.3. The highest BCUT2D eigenvalue weighted by molar-refractivity contribution is 7.11. The number of thiazole rings is 1. The largest absolute Gasteiger partial charge is 0.466 e. The van der Waals surface area contributed by atoms with Crippen molar-refractivity contribution in [3.05, 3.63) is 87.7 Å². The molecule has 0 unspecified atom stereocenters. The maximum atomic E-state index is 13.4. The first-order chi connectivity index (χ1) is 13.9. The van der Waals surface area contributed by atoms with Crippen LogP contribution in [0, 0.1) is 6.92 Å². The van der Waals surface area contributed by atoms with E-state index < -0.39 is 12.0 Å². The molecule has 1 aromatic carbocycles. The van der Waals surface area contributed by atoms with Crippen molar-refractivity contribution in [3.63, 3.8) is 0 Å². The van der Waals surface area contributed by atoms with Crippen molar-refractivity contribution in [2.24, 2.45) is 4.99 Å². The molecular formula is C21H17ClN2O3S2. The summed E-state index contributed by atoms with van der Waals surface area (Å²) in [6.45, 7) is 3.75. The molecule has 0 saturated heterocycles. The summed E-state index contributed by atoms with van der Waals surface area (Å²) in [5, 5.41) is 2.46. The number of esters is 1. The standard InChI is InChI=1S/C21H17ClN2O3S2/c1-11-8-9-28-15(11)10-16-19(25)24-18(13-6-4-5-7-14(13)22)17(20(26)27-3)12(2)23-21(24)29-16/h4-10,18H,1-3H3/b16-10-/t18-/m1/s1. The smallest absolute Gasteiger partial charge is 0.338 e. The predicted molar refractivity (Wildman–Crippen MR) is 116 cm³/mol. The van der Waals surface area contributed by atoms with Crippen molar-refractivity contribution in [3.8, 4) is 0 Å². The van der Waals surface area contributed by atoms with Crippen LogP contribution in [0.3, 0.4) is 0 Å². The average Bonchev–Trinajstić information content (AvgIpc) is 3.24. The summed E-state index contributed by atoms with van der Waals surface area (Å²) in [6, 6.07) is 8.51. The normalized spacial score (nSPS) is 16.6. The molecule has 0 radical (unpaired) electrons. The lowest BCUT2D eigenvalue weighted by molar-refractivity contribution is -0.136. The number of ether oxygens (including phenoxy) is 1. The molecule has 1 atom stereocenters. The highest BCUT2D eigenvalue weighted by Gasteiger charge is 2.34. The van der Waals surface area contributed by atoms with Gasteiger partial charge < -0.3 is 4.74 Å². The third-order valence-electron chi connectivity index (χ3n) is 4.79. The van der Waals surface area contributed by atoms with Gasteiger partial charge in [-0.15, -0.1) is 11.3 Å². The molecule has 1 aliphatic rings. The number of allylic oxidation sites excluding steroid dienone is 1. The van der Waals surface area contributed by atoms with Gasteiger partial charge in [-0.05, 0) is 48.6 Å². The van der Waals surface area contributed by atoms with E-state index in [9.17, 15) is 9.59 Å².